The molecule has 0 unspecified atom stereocenters. The first-order chi connectivity index (χ1) is 12.0. The van der Waals surface area contributed by atoms with Crippen molar-refractivity contribution in [3.05, 3.63) is 64.7 Å². The predicted molar refractivity (Wildman–Crippen MR) is 93.8 cm³/mol. The molecular formula is C18H18ClF2N3O. The molecule has 2 aromatic rings. The Bertz CT molecular complexity index is 726. The number of nitrogens with zero attached hydrogens (tertiary/aromatic N) is 2. The minimum Gasteiger partial charge on any atom is -0.363 e. The van der Waals surface area contributed by atoms with Gasteiger partial charge in [0.15, 0.2) is 0 Å². The number of nitrogens with one attached hydrogen (secondary N) is 1. The Morgan fingerprint density at radius 1 is 1.00 bits per heavy atom. The highest BCUT2D eigenvalue weighted by molar-refractivity contribution is 6.30. The van der Waals surface area contributed by atoms with Crippen LogP contribution in [-0.4, -0.2) is 37.1 Å². The maximum absolute atomic E-state index is 13.8. The van der Waals surface area contributed by atoms with E-state index < -0.39 is 11.6 Å². The maximum Gasteiger partial charge on any atom is 0.317 e. The number of benzene rings is 2. The smallest absolute Gasteiger partial charge is 0.317 e. The number of hydrogen-bond donors (Lipinski definition) is 1. The number of rotatable bonds is 3. The maximum atomic E-state index is 13.8. The third-order valence-electron chi connectivity index (χ3n) is 4.18. The fourth-order valence-electron chi connectivity index (χ4n) is 2.82. The van der Waals surface area contributed by atoms with E-state index in [0.29, 0.717) is 37.7 Å². The highest BCUT2D eigenvalue weighted by Crippen LogP contribution is 2.24. The molecule has 0 atom stereocenters. The molecule has 0 radical (unpaired) electrons. The van der Waals surface area contributed by atoms with Gasteiger partial charge in [-0.05, 0) is 29.8 Å². The van der Waals surface area contributed by atoms with Gasteiger partial charge in [-0.15, -0.1) is 0 Å². The second-order valence-electron chi connectivity index (χ2n) is 5.83. The molecule has 7 heteroatoms. The fourth-order valence-corrected chi connectivity index (χ4v) is 2.94. The molecule has 0 aliphatic carbocycles. The van der Waals surface area contributed by atoms with Crippen LogP contribution in [0.2, 0.25) is 5.02 Å². The van der Waals surface area contributed by atoms with E-state index in [0.717, 1.165) is 5.56 Å². The standard InChI is InChI=1S/C18H18ClF2N3O/c19-14-6-4-13(5-7-14)12-22-18(25)24-10-8-23(9-11-24)17-15(20)2-1-3-16(17)21/h1-7H,8-12H2,(H,22,25). The van der Waals surface area contributed by atoms with Gasteiger partial charge >= 0.3 is 6.03 Å². The number of hydrogen-bond acceptors (Lipinski definition) is 2. The molecule has 132 valence electrons. The summed E-state index contributed by atoms with van der Waals surface area (Å²) in [4.78, 5) is 15.5. The molecule has 0 aromatic heterocycles. The molecule has 0 saturated carbocycles. The third kappa shape index (κ3) is 4.20. The number of para-hydroxylation sites is 1. The first-order valence-corrected chi connectivity index (χ1v) is 8.38. The van der Waals surface area contributed by atoms with Crippen molar-refractivity contribution < 1.29 is 13.6 Å². The summed E-state index contributed by atoms with van der Waals surface area (Å²) in [6.07, 6.45) is 0. The van der Waals surface area contributed by atoms with Crippen molar-refractivity contribution in [1.82, 2.24) is 10.2 Å². The van der Waals surface area contributed by atoms with Gasteiger partial charge in [0.05, 0.1) is 0 Å². The van der Waals surface area contributed by atoms with E-state index >= 15 is 0 Å². The van der Waals surface area contributed by atoms with Gasteiger partial charge in [-0.2, -0.15) is 0 Å². The van der Waals surface area contributed by atoms with E-state index in [1.165, 1.54) is 18.2 Å². The van der Waals surface area contributed by atoms with Gasteiger partial charge < -0.3 is 15.1 Å². The van der Waals surface area contributed by atoms with E-state index in [9.17, 15) is 13.6 Å². The Balaban J connectivity index is 1.53. The highest BCUT2D eigenvalue weighted by atomic mass is 35.5. The van der Waals surface area contributed by atoms with Crippen LogP contribution in [0.1, 0.15) is 5.56 Å². The van der Waals surface area contributed by atoms with Crippen molar-refractivity contribution in [2.75, 3.05) is 31.1 Å². The zero-order valence-corrected chi connectivity index (χ0v) is 14.3. The van der Waals surface area contributed by atoms with Crippen LogP contribution in [0.4, 0.5) is 19.3 Å². The quantitative estimate of drug-likeness (QED) is 0.901. The normalized spacial score (nSPS) is 14.5. The average molecular weight is 366 g/mol. The van der Waals surface area contributed by atoms with Gasteiger partial charge in [0, 0.05) is 37.7 Å². The lowest BCUT2D eigenvalue weighted by molar-refractivity contribution is 0.193. The first kappa shape index (κ1) is 17.5. The topological polar surface area (TPSA) is 35.6 Å². The molecule has 1 aliphatic heterocycles. The lowest BCUT2D eigenvalue weighted by atomic mass is 10.2. The van der Waals surface area contributed by atoms with E-state index in [-0.39, 0.29) is 11.7 Å². The van der Waals surface area contributed by atoms with Crippen LogP contribution in [0.3, 0.4) is 0 Å². The predicted octanol–water partition coefficient (Wildman–Crippen LogP) is 3.65. The summed E-state index contributed by atoms with van der Waals surface area (Å²) >= 11 is 5.83. The molecule has 1 aliphatic rings. The Hall–Kier alpha value is -2.34. The summed E-state index contributed by atoms with van der Waals surface area (Å²) in [5, 5.41) is 3.49. The summed E-state index contributed by atoms with van der Waals surface area (Å²) < 4.78 is 27.7. The number of halogens is 3. The Morgan fingerprint density at radius 3 is 2.20 bits per heavy atom. The minimum absolute atomic E-state index is 0.0243. The molecule has 4 nitrogen and oxygen atoms in total. The molecule has 1 fully saturated rings. The SMILES string of the molecule is O=C(NCc1ccc(Cl)cc1)N1CCN(c2c(F)cccc2F)CC1. The van der Waals surface area contributed by atoms with Crippen molar-refractivity contribution >= 4 is 23.3 Å². The van der Waals surface area contributed by atoms with Crippen LogP contribution in [0.15, 0.2) is 42.5 Å². The summed E-state index contributed by atoms with van der Waals surface area (Å²) in [6.45, 7) is 1.97. The monoisotopic (exact) mass is 365 g/mol. The molecule has 2 aromatic carbocycles. The van der Waals surface area contributed by atoms with Gasteiger partial charge in [0.1, 0.15) is 17.3 Å². The van der Waals surface area contributed by atoms with Gasteiger partial charge in [0.25, 0.3) is 0 Å². The van der Waals surface area contributed by atoms with Crippen molar-refractivity contribution in [2.24, 2.45) is 0 Å². The zero-order valence-electron chi connectivity index (χ0n) is 13.5. The van der Waals surface area contributed by atoms with Gasteiger partial charge in [-0.3, -0.25) is 0 Å². The first-order valence-electron chi connectivity index (χ1n) is 8.01. The van der Waals surface area contributed by atoms with Gasteiger partial charge in [-0.1, -0.05) is 29.8 Å². The van der Waals surface area contributed by atoms with Crippen molar-refractivity contribution in [2.45, 2.75) is 6.54 Å². The fraction of sp³-hybridized carbons (Fsp3) is 0.278. The second-order valence-corrected chi connectivity index (χ2v) is 6.27. The summed E-state index contributed by atoms with van der Waals surface area (Å²) in [7, 11) is 0. The highest BCUT2D eigenvalue weighted by Gasteiger charge is 2.24. The molecule has 0 spiro atoms. The van der Waals surface area contributed by atoms with Crippen LogP contribution < -0.4 is 10.2 Å². The molecule has 2 amide bonds. The molecule has 1 N–H and O–H groups in total. The number of carbonyl (C=O) groups excluding carboxylic acids is 1. The zero-order chi connectivity index (χ0) is 17.8. The van der Waals surface area contributed by atoms with E-state index in [1.54, 1.807) is 21.9 Å². The number of piperazine rings is 1. The molecular weight excluding hydrogens is 348 g/mol. The van der Waals surface area contributed by atoms with Crippen molar-refractivity contribution in [3.63, 3.8) is 0 Å². The Labute approximate surface area is 150 Å². The third-order valence-corrected chi connectivity index (χ3v) is 4.43. The van der Waals surface area contributed by atoms with Crippen LogP contribution in [0, 0.1) is 11.6 Å². The lowest BCUT2D eigenvalue weighted by Gasteiger charge is -2.36. The molecule has 25 heavy (non-hydrogen) atoms. The largest absolute Gasteiger partial charge is 0.363 e. The number of anilines is 1. The Morgan fingerprint density at radius 2 is 1.60 bits per heavy atom. The molecule has 3 rings (SSSR count). The number of urea groups is 1. The second kappa shape index (κ2) is 7.70. The van der Waals surface area contributed by atoms with E-state index in [1.807, 2.05) is 12.1 Å². The summed E-state index contributed by atoms with van der Waals surface area (Å²) in [5.74, 6) is -1.17. The summed E-state index contributed by atoms with van der Waals surface area (Å²) in [5.41, 5.74) is 0.925. The van der Waals surface area contributed by atoms with Crippen LogP contribution in [-0.2, 0) is 6.54 Å². The lowest BCUT2D eigenvalue weighted by Crippen LogP contribution is -2.52. The van der Waals surface area contributed by atoms with Gasteiger partial charge in [0.2, 0.25) is 0 Å². The molecule has 1 saturated heterocycles. The molecule has 0 bridgehead atoms. The minimum atomic E-state index is -0.583. The van der Waals surface area contributed by atoms with Crippen LogP contribution >= 0.6 is 11.6 Å². The van der Waals surface area contributed by atoms with Crippen LogP contribution in [0.25, 0.3) is 0 Å². The van der Waals surface area contributed by atoms with Crippen molar-refractivity contribution in [1.29, 1.82) is 0 Å². The van der Waals surface area contributed by atoms with Crippen LogP contribution in [0.5, 0.6) is 0 Å². The number of amides is 2. The van der Waals surface area contributed by atoms with Gasteiger partial charge in [-0.25, -0.2) is 13.6 Å². The van der Waals surface area contributed by atoms with E-state index in [4.69, 9.17) is 11.6 Å². The van der Waals surface area contributed by atoms with Crippen molar-refractivity contribution in [3.8, 4) is 0 Å². The Kier molecular flexibility index (Phi) is 5.38. The summed E-state index contributed by atoms with van der Waals surface area (Å²) in [6, 6.07) is 10.9. The van der Waals surface area contributed by atoms with E-state index in [2.05, 4.69) is 5.32 Å². The number of carbonyl (C=O) groups is 1. The average Bonchev–Trinajstić information content (AvgIpc) is 2.61. The molecule has 1 heterocycles.